The molecule has 0 amide bonds. The number of aromatic nitrogens is 1. The average molecular weight is 287 g/mol. The molecule has 1 aromatic carbocycles. The van der Waals surface area contributed by atoms with Gasteiger partial charge in [-0.15, -0.1) is 0 Å². The van der Waals surface area contributed by atoms with Gasteiger partial charge in [0.2, 0.25) is 5.88 Å². The Hall–Kier alpha value is -2.76. The summed E-state index contributed by atoms with van der Waals surface area (Å²) in [7, 11) is 1.55. The number of anilines is 3. The van der Waals surface area contributed by atoms with E-state index in [1.807, 2.05) is 6.07 Å². The van der Waals surface area contributed by atoms with Crippen molar-refractivity contribution in [2.75, 3.05) is 24.8 Å². The molecule has 0 aliphatic heterocycles. The van der Waals surface area contributed by atoms with Gasteiger partial charge in [0, 0.05) is 6.07 Å². The van der Waals surface area contributed by atoms with E-state index in [-0.39, 0.29) is 5.97 Å². The molecule has 0 atom stereocenters. The number of nitrogens with zero attached hydrogens (tertiary/aromatic N) is 1. The second-order valence-corrected chi connectivity index (χ2v) is 4.24. The quantitative estimate of drug-likeness (QED) is 0.649. The highest BCUT2D eigenvalue weighted by Gasteiger charge is 2.09. The predicted octanol–water partition coefficient (Wildman–Crippen LogP) is 2.59. The van der Waals surface area contributed by atoms with Gasteiger partial charge >= 0.3 is 5.97 Å². The monoisotopic (exact) mass is 287 g/mol. The highest BCUT2D eigenvalue weighted by atomic mass is 16.5. The van der Waals surface area contributed by atoms with Gasteiger partial charge in [-0.25, -0.2) is 9.78 Å². The van der Waals surface area contributed by atoms with Gasteiger partial charge in [-0.1, -0.05) is 0 Å². The molecule has 0 radical (unpaired) electrons. The maximum Gasteiger partial charge on any atom is 0.338 e. The second-order valence-electron chi connectivity index (χ2n) is 4.24. The van der Waals surface area contributed by atoms with Gasteiger partial charge in [-0.2, -0.15) is 0 Å². The maximum absolute atomic E-state index is 11.7. The lowest BCUT2D eigenvalue weighted by molar-refractivity contribution is 0.0526. The molecule has 0 spiro atoms. The lowest BCUT2D eigenvalue weighted by atomic mass is 10.1. The molecule has 2 aromatic rings. The first kappa shape index (κ1) is 14.6. The molecule has 2 rings (SSSR count). The van der Waals surface area contributed by atoms with E-state index in [1.165, 1.54) is 0 Å². The van der Waals surface area contributed by atoms with Crippen LogP contribution in [0, 0.1) is 0 Å². The van der Waals surface area contributed by atoms with E-state index in [0.717, 1.165) is 5.69 Å². The van der Waals surface area contributed by atoms with Crippen LogP contribution in [0.5, 0.6) is 5.88 Å². The minimum atomic E-state index is -0.381. The zero-order chi connectivity index (χ0) is 15.2. The summed E-state index contributed by atoms with van der Waals surface area (Å²) in [4.78, 5) is 15.8. The molecular formula is C15H17N3O3. The van der Waals surface area contributed by atoms with Crippen LogP contribution in [0.2, 0.25) is 0 Å². The third-order valence-electron chi connectivity index (χ3n) is 2.79. The van der Waals surface area contributed by atoms with Crippen molar-refractivity contribution in [2.24, 2.45) is 0 Å². The highest BCUT2D eigenvalue weighted by molar-refractivity contribution is 5.92. The Bertz CT molecular complexity index is 627. The van der Waals surface area contributed by atoms with Crippen molar-refractivity contribution in [3.8, 4) is 5.88 Å². The van der Waals surface area contributed by atoms with Gasteiger partial charge < -0.3 is 20.5 Å². The van der Waals surface area contributed by atoms with E-state index in [4.69, 9.17) is 15.2 Å². The summed E-state index contributed by atoms with van der Waals surface area (Å²) >= 11 is 0. The van der Waals surface area contributed by atoms with Crippen molar-refractivity contribution in [3.05, 3.63) is 42.1 Å². The zero-order valence-corrected chi connectivity index (χ0v) is 11.9. The van der Waals surface area contributed by atoms with Gasteiger partial charge in [-0.05, 0) is 31.2 Å². The largest absolute Gasteiger partial charge is 0.481 e. The predicted molar refractivity (Wildman–Crippen MR) is 80.9 cm³/mol. The number of hydrogen-bond donors (Lipinski definition) is 2. The molecule has 110 valence electrons. The summed E-state index contributed by atoms with van der Waals surface area (Å²) in [5.74, 6) is 0.141. The van der Waals surface area contributed by atoms with Gasteiger partial charge in [-0.3, -0.25) is 0 Å². The third kappa shape index (κ3) is 3.62. The number of benzene rings is 1. The van der Waals surface area contributed by atoms with Gasteiger partial charge in [0.05, 0.1) is 42.5 Å². The second kappa shape index (κ2) is 6.60. The Morgan fingerprint density at radius 1 is 1.33 bits per heavy atom. The first-order valence-electron chi connectivity index (χ1n) is 6.47. The number of nitrogen functional groups attached to an aromatic ring is 1. The van der Waals surface area contributed by atoms with Crippen molar-refractivity contribution < 1.29 is 14.3 Å². The number of pyridine rings is 1. The van der Waals surface area contributed by atoms with E-state index in [2.05, 4.69) is 10.3 Å². The fourth-order valence-electron chi connectivity index (χ4n) is 1.74. The van der Waals surface area contributed by atoms with Crippen LogP contribution in [-0.4, -0.2) is 24.7 Å². The van der Waals surface area contributed by atoms with Crippen LogP contribution in [0.4, 0.5) is 17.1 Å². The molecular weight excluding hydrogens is 270 g/mol. The summed E-state index contributed by atoms with van der Waals surface area (Å²) < 4.78 is 9.96. The summed E-state index contributed by atoms with van der Waals surface area (Å²) in [6.07, 6.45) is 1.62. The Labute approximate surface area is 122 Å². The van der Waals surface area contributed by atoms with Crippen LogP contribution < -0.4 is 15.8 Å². The van der Waals surface area contributed by atoms with E-state index < -0.39 is 0 Å². The number of hydrogen-bond acceptors (Lipinski definition) is 6. The van der Waals surface area contributed by atoms with Crippen molar-refractivity contribution in [2.45, 2.75) is 6.92 Å². The molecule has 0 bridgehead atoms. The molecule has 0 saturated heterocycles. The molecule has 21 heavy (non-hydrogen) atoms. The summed E-state index contributed by atoms with van der Waals surface area (Å²) in [6.45, 7) is 2.09. The van der Waals surface area contributed by atoms with Crippen molar-refractivity contribution >= 4 is 23.0 Å². The van der Waals surface area contributed by atoms with Crippen LogP contribution in [0.1, 0.15) is 17.3 Å². The number of ether oxygens (including phenoxy) is 2. The molecule has 0 saturated carbocycles. The Morgan fingerprint density at radius 2 is 2.14 bits per heavy atom. The smallest absolute Gasteiger partial charge is 0.338 e. The summed E-state index contributed by atoms with van der Waals surface area (Å²) in [6, 6.07) is 8.48. The van der Waals surface area contributed by atoms with Crippen LogP contribution in [0.15, 0.2) is 36.5 Å². The fraction of sp³-hybridized carbons (Fsp3) is 0.200. The maximum atomic E-state index is 11.7. The number of methoxy groups -OCH3 is 1. The molecule has 6 heteroatoms. The van der Waals surface area contributed by atoms with Crippen LogP contribution in [0.3, 0.4) is 0 Å². The molecule has 0 fully saturated rings. The Balaban J connectivity index is 2.21. The Kier molecular flexibility index (Phi) is 4.61. The number of nitrogens with one attached hydrogen (secondary N) is 1. The fourth-order valence-corrected chi connectivity index (χ4v) is 1.74. The average Bonchev–Trinajstić information content (AvgIpc) is 2.50. The van der Waals surface area contributed by atoms with Crippen LogP contribution in [0.25, 0.3) is 0 Å². The van der Waals surface area contributed by atoms with Gasteiger partial charge in [0.15, 0.2) is 0 Å². The van der Waals surface area contributed by atoms with Crippen LogP contribution in [-0.2, 0) is 4.74 Å². The van der Waals surface area contributed by atoms with Crippen molar-refractivity contribution in [1.29, 1.82) is 0 Å². The van der Waals surface area contributed by atoms with E-state index >= 15 is 0 Å². The molecule has 6 nitrogen and oxygen atoms in total. The highest BCUT2D eigenvalue weighted by Crippen LogP contribution is 2.25. The number of carbonyl (C=O) groups excluding carboxylic acids is 1. The minimum Gasteiger partial charge on any atom is -0.481 e. The molecule has 3 N–H and O–H groups in total. The van der Waals surface area contributed by atoms with Crippen molar-refractivity contribution in [3.63, 3.8) is 0 Å². The first-order valence-corrected chi connectivity index (χ1v) is 6.47. The number of rotatable bonds is 5. The van der Waals surface area contributed by atoms with E-state index in [0.29, 0.717) is 29.4 Å². The lowest BCUT2D eigenvalue weighted by Crippen LogP contribution is -2.06. The lowest BCUT2D eigenvalue weighted by Gasteiger charge is -2.11. The third-order valence-corrected chi connectivity index (χ3v) is 2.79. The molecule has 1 aromatic heterocycles. The summed E-state index contributed by atoms with van der Waals surface area (Å²) in [5, 5.41) is 3.11. The minimum absolute atomic E-state index is 0.328. The first-order chi connectivity index (χ1) is 10.1. The van der Waals surface area contributed by atoms with E-state index in [1.54, 1.807) is 44.5 Å². The van der Waals surface area contributed by atoms with Crippen molar-refractivity contribution in [1.82, 2.24) is 4.98 Å². The zero-order valence-electron chi connectivity index (χ0n) is 11.9. The molecule has 0 unspecified atom stereocenters. The van der Waals surface area contributed by atoms with Gasteiger partial charge in [0.1, 0.15) is 0 Å². The number of esters is 1. The number of nitrogens with two attached hydrogens (primary N) is 1. The van der Waals surface area contributed by atoms with E-state index in [9.17, 15) is 4.79 Å². The summed E-state index contributed by atoms with van der Waals surface area (Å²) in [5.41, 5.74) is 8.23. The standard InChI is InChI=1S/C15H17N3O3/c1-3-21-15(19)10-4-6-12(16)13(8-10)18-11-5-7-14(20-2)17-9-11/h4-9,18H,3,16H2,1-2H3. The molecule has 0 aliphatic rings. The normalized spacial score (nSPS) is 10.0. The number of carbonyl (C=O) groups is 1. The SMILES string of the molecule is CCOC(=O)c1ccc(N)c(Nc2ccc(OC)nc2)c1. The molecule has 0 aliphatic carbocycles. The topological polar surface area (TPSA) is 86.5 Å². The molecule has 1 heterocycles. The van der Waals surface area contributed by atoms with Crippen LogP contribution >= 0.6 is 0 Å². The van der Waals surface area contributed by atoms with Gasteiger partial charge in [0.25, 0.3) is 0 Å². The Morgan fingerprint density at radius 3 is 2.76 bits per heavy atom.